The molecule has 0 aliphatic heterocycles. The molecule has 6 nitrogen and oxygen atoms in total. The third-order valence-electron chi connectivity index (χ3n) is 5.82. The van der Waals surface area contributed by atoms with E-state index in [0.717, 1.165) is 16.3 Å². The fourth-order valence-corrected chi connectivity index (χ4v) is 3.83. The van der Waals surface area contributed by atoms with Gasteiger partial charge in [-0.1, -0.05) is 54.6 Å². The van der Waals surface area contributed by atoms with Gasteiger partial charge in [-0.15, -0.1) is 0 Å². The molecular weight excluding hydrogens is 435 g/mol. The van der Waals surface area contributed by atoms with Crippen LogP contribution in [-0.2, 0) is 16.0 Å². The monoisotopic (exact) mass is 466 g/mol. The maximum absolute atomic E-state index is 14.0. The van der Waals surface area contributed by atoms with Gasteiger partial charge in [0.2, 0.25) is 5.91 Å². The molecule has 3 rings (SSSR count). The van der Waals surface area contributed by atoms with Gasteiger partial charge in [-0.2, -0.15) is 0 Å². The predicted octanol–water partition coefficient (Wildman–Crippen LogP) is 4.38. The molecule has 0 bridgehead atoms. The molecule has 0 unspecified atom stereocenters. The summed E-state index contributed by atoms with van der Waals surface area (Å²) in [7, 11) is 0. The molecule has 3 aromatic rings. The molecule has 3 N–H and O–H groups in total. The van der Waals surface area contributed by atoms with Gasteiger partial charge in [0.25, 0.3) is 0 Å². The summed E-state index contributed by atoms with van der Waals surface area (Å²) in [6.45, 7) is 2.86. The molecule has 1 amide bonds. The Labute approximate surface area is 199 Å². The molecule has 1 aromatic heterocycles. The number of carbonyl (C=O) groups excluding carboxylic acids is 2. The number of hydrogen-bond acceptors (Lipinski definition) is 5. The molecule has 0 saturated heterocycles. The van der Waals surface area contributed by atoms with E-state index in [9.17, 15) is 19.1 Å². The van der Waals surface area contributed by atoms with E-state index in [2.05, 4.69) is 4.98 Å². The highest BCUT2D eigenvalue weighted by Crippen LogP contribution is 2.25. The molecule has 2 aromatic carbocycles. The van der Waals surface area contributed by atoms with Crippen molar-refractivity contribution in [3.05, 3.63) is 78.1 Å². The van der Waals surface area contributed by atoms with Crippen molar-refractivity contribution in [3.63, 3.8) is 0 Å². The van der Waals surface area contributed by atoms with E-state index in [0.29, 0.717) is 0 Å². The molecule has 0 saturated carbocycles. The molecule has 7 heteroatoms. The predicted molar refractivity (Wildman–Crippen MR) is 129 cm³/mol. The summed E-state index contributed by atoms with van der Waals surface area (Å²) in [5.74, 6) is -2.05. The Morgan fingerprint density at radius 3 is 2.38 bits per heavy atom. The van der Waals surface area contributed by atoms with E-state index in [1.807, 2.05) is 54.6 Å². The highest BCUT2D eigenvalue weighted by atomic mass is 19.1. The smallest absolute Gasteiger partial charge is 0.357 e. The van der Waals surface area contributed by atoms with Crippen molar-refractivity contribution in [1.29, 1.82) is 0 Å². The van der Waals surface area contributed by atoms with E-state index in [4.69, 9.17) is 10.5 Å². The quantitative estimate of drug-likeness (QED) is 0.408. The molecule has 0 fully saturated rings. The number of carbonyl (C=O) groups is 2. The van der Waals surface area contributed by atoms with Gasteiger partial charge in [0.1, 0.15) is 17.5 Å². The van der Waals surface area contributed by atoms with Crippen LogP contribution in [0.15, 0.2) is 66.9 Å². The lowest BCUT2D eigenvalue weighted by Gasteiger charge is -2.26. The fourth-order valence-electron chi connectivity index (χ4n) is 3.83. The zero-order chi connectivity index (χ0) is 24.7. The van der Waals surface area contributed by atoms with Gasteiger partial charge in [-0.25, -0.2) is 14.2 Å². The minimum absolute atomic E-state index is 0.0403. The summed E-state index contributed by atoms with van der Waals surface area (Å²) in [6, 6.07) is 18.4. The van der Waals surface area contributed by atoms with E-state index in [1.54, 1.807) is 12.3 Å². The Balaban J connectivity index is 1.78. The van der Waals surface area contributed by atoms with Crippen LogP contribution in [0.25, 0.3) is 10.8 Å². The van der Waals surface area contributed by atoms with Gasteiger partial charge < -0.3 is 15.6 Å². The minimum atomic E-state index is -1.46. The second-order valence-electron chi connectivity index (χ2n) is 9.21. The number of aliphatic hydroxyl groups excluding tert-OH is 1. The first-order chi connectivity index (χ1) is 16.1. The van der Waals surface area contributed by atoms with Crippen molar-refractivity contribution >= 4 is 22.6 Å². The first-order valence-electron chi connectivity index (χ1n) is 11.4. The number of halogens is 1. The molecule has 34 heavy (non-hydrogen) atoms. The van der Waals surface area contributed by atoms with Crippen molar-refractivity contribution < 1.29 is 23.8 Å². The first-order valence-corrected chi connectivity index (χ1v) is 11.4. The molecule has 0 radical (unpaired) electrons. The number of rotatable bonds is 11. The number of nitrogens with two attached hydrogens (primary N) is 1. The maximum atomic E-state index is 14.0. The van der Waals surface area contributed by atoms with Gasteiger partial charge in [0, 0.05) is 23.9 Å². The number of hydrogen-bond donors (Lipinski definition) is 2. The summed E-state index contributed by atoms with van der Waals surface area (Å²) in [4.78, 5) is 29.1. The molecule has 1 heterocycles. The summed E-state index contributed by atoms with van der Waals surface area (Å²) in [5, 5.41) is 12.7. The number of aromatic nitrogens is 1. The van der Waals surface area contributed by atoms with Gasteiger partial charge >= 0.3 is 5.97 Å². The van der Waals surface area contributed by atoms with Crippen molar-refractivity contribution in [2.75, 3.05) is 0 Å². The van der Waals surface area contributed by atoms with Gasteiger partial charge in [-0.3, -0.25) is 4.79 Å². The lowest BCUT2D eigenvalue weighted by atomic mass is 9.88. The Kier molecular flexibility index (Phi) is 8.34. The number of pyridine rings is 1. The number of amides is 1. The highest BCUT2D eigenvalue weighted by molar-refractivity contribution is 5.93. The summed E-state index contributed by atoms with van der Waals surface area (Å²) >= 11 is 0. The molecular formula is C27H31FN2O4. The SMILES string of the molecule is CC(C)(F)CC[C@H](C[C@H](O)[C@H](Cc1ccccc1)OC(=O)c1cc2ccccc2cn1)C(N)=O. The van der Waals surface area contributed by atoms with E-state index >= 15 is 0 Å². The van der Waals surface area contributed by atoms with Crippen LogP contribution in [0.4, 0.5) is 4.39 Å². The van der Waals surface area contributed by atoms with E-state index < -0.39 is 35.7 Å². The fraction of sp³-hybridized carbons (Fsp3) is 0.370. The Hall–Kier alpha value is -3.32. The van der Waals surface area contributed by atoms with Crippen LogP contribution >= 0.6 is 0 Å². The van der Waals surface area contributed by atoms with Crippen molar-refractivity contribution in [2.45, 2.75) is 57.4 Å². The van der Waals surface area contributed by atoms with Crippen LogP contribution in [0, 0.1) is 5.92 Å². The third-order valence-corrected chi connectivity index (χ3v) is 5.82. The van der Waals surface area contributed by atoms with Crippen LogP contribution < -0.4 is 5.73 Å². The Bertz CT molecular complexity index is 1110. The number of aliphatic hydroxyl groups is 1. The number of alkyl halides is 1. The standard InChI is InChI=1S/C27H31FN2O4/c1-27(2,28)13-12-20(25(29)32)16-23(31)24(14-18-8-4-3-5-9-18)34-26(33)22-15-19-10-6-7-11-21(19)17-30-22/h3-11,15,17,20,23-24,31H,12-14,16H2,1-2H3,(H2,29,32)/t20-,23+,24+/m1/s1. The average molecular weight is 467 g/mol. The number of esters is 1. The number of fused-ring (bicyclic) bond motifs is 1. The first kappa shape index (κ1) is 25.3. The zero-order valence-electron chi connectivity index (χ0n) is 19.5. The largest absolute Gasteiger partial charge is 0.455 e. The van der Waals surface area contributed by atoms with Crippen LogP contribution in [0.5, 0.6) is 0 Å². The van der Waals surface area contributed by atoms with Gasteiger partial charge in [0.05, 0.1) is 6.10 Å². The average Bonchev–Trinajstić information content (AvgIpc) is 2.80. The lowest BCUT2D eigenvalue weighted by Crippen LogP contribution is -2.38. The van der Waals surface area contributed by atoms with Crippen molar-refractivity contribution in [3.8, 4) is 0 Å². The van der Waals surface area contributed by atoms with Crippen LogP contribution in [0.2, 0.25) is 0 Å². The van der Waals surface area contributed by atoms with Crippen molar-refractivity contribution in [1.82, 2.24) is 4.98 Å². The van der Waals surface area contributed by atoms with E-state index in [-0.39, 0.29) is 31.4 Å². The lowest BCUT2D eigenvalue weighted by molar-refractivity contribution is -0.124. The van der Waals surface area contributed by atoms with Crippen LogP contribution in [0.3, 0.4) is 0 Å². The van der Waals surface area contributed by atoms with Crippen LogP contribution in [-0.4, -0.2) is 39.8 Å². The van der Waals surface area contributed by atoms with Gasteiger partial charge in [0.15, 0.2) is 0 Å². The maximum Gasteiger partial charge on any atom is 0.357 e. The summed E-state index contributed by atoms with van der Waals surface area (Å²) < 4.78 is 19.7. The van der Waals surface area contributed by atoms with Crippen LogP contribution in [0.1, 0.15) is 49.2 Å². The topological polar surface area (TPSA) is 103 Å². The molecule has 3 atom stereocenters. The number of nitrogens with zero attached hydrogens (tertiary/aromatic N) is 1. The zero-order valence-corrected chi connectivity index (χ0v) is 19.5. The Morgan fingerprint density at radius 2 is 1.74 bits per heavy atom. The second-order valence-corrected chi connectivity index (χ2v) is 9.21. The summed E-state index contributed by atoms with van der Waals surface area (Å²) in [6.07, 6.45) is -0.0154. The molecule has 180 valence electrons. The summed E-state index contributed by atoms with van der Waals surface area (Å²) in [5.41, 5.74) is 5.03. The van der Waals surface area contributed by atoms with E-state index in [1.165, 1.54) is 13.8 Å². The normalized spacial score (nSPS) is 14.4. The Morgan fingerprint density at radius 1 is 1.09 bits per heavy atom. The molecule has 0 aliphatic carbocycles. The molecule has 0 aliphatic rings. The number of benzene rings is 2. The second kappa shape index (κ2) is 11.2. The minimum Gasteiger partial charge on any atom is -0.455 e. The number of primary amides is 1. The van der Waals surface area contributed by atoms with Crippen molar-refractivity contribution in [2.24, 2.45) is 11.7 Å². The van der Waals surface area contributed by atoms with Gasteiger partial charge in [-0.05, 0) is 50.1 Å². The highest BCUT2D eigenvalue weighted by Gasteiger charge is 2.31. The molecule has 0 spiro atoms. The third kappa shape index (κ3) is 7.35. The number of ether oxygens (including phenoxy) is 1.